The smallest absolute Gasteiger partial charge is 0.226 e. The van der Waals surface area contributed by atoms with Crippen LogP contribution in [0.5, 0.6) is 5.88 Å². The van der Waals surface area contributed by atoms with E-state index in [1.807, 2.05) is 13.0 Å². The zero-order valence-electron chi connectivity index (χ0n) is 10.4. The zero-order chi connectivity index (χ0) is 12.3. The van der Waals surface area contributed by atoms with Gasteiger partial charge in [0.25, 0.3) is 0 Å². The quantitative estimate of drug-likeness (QED) is 0.831. The summed E-state index contributed by atoms with van der Waals surface area (Å²) in [7, 11) is 1.61. The van der Waals surface area contributed by atoms with E-state index in [1.165, 1.54) is 12.8 Å². The first-order chi connectivity index (χ1) is 8.19. The Bertz CT molecular complexity index is 383. The van der Waals surface area contributed by atoms with Crippen molar-refractivity contribution in [3.05, 3.63) is 11.8 Å². The number of anilines is 1. The first kappa shape index (κ1) is 12.1. The molecular weight excluding hydrogens is 216 g/mol. The minimum Gasteiger partial charge on any atom is -0.481 e. The molecule has 0 aliphatic heterocycles. The van der Waals surface area contributed by atoms with Crippen molar-refractivity contribution >= 4 is 5.95 Å². The van der Waals surface area contributed by atoms with Gasteiger partial charge in [-0.15, -0.1) is 0 Å². The fourth-order valence-corrected chi connectivity index (χ4v) is 2.21. The Morgan fingerprint density at radius 2 is 2.12 bits per heavy atom. The van der Waals surface area contributed by atoms with Crippen molar-refractivity contribution in [2.75, 3.05) is 12.4 Å². The Hall–Kier alpha value is -1.36. The van der Waals surface area contributed by atoms with Crippen LogP contribution in [0.3, 0.4) is 0 Å². The number of methoxy groups -OCH3 is 1. The Morgan fingerprint density at radius 3 is 2.82 bits per heavy atom. The molecule has 5 nitrogen and oxygen atoms in total. The standard InChI is InChI=1S/C12H20N4O/c1-8-7-11(17-2)16-12(14-8)15-10-6-4-3-5-9(10)13/h7,9-10H,3-6,13H2,1-2H3,(H,14,15,16)/t9-,10-/m1/s1. The molecule has 1 saturated carbocycles. The fraction of sp³-hybridized carbons (Fsp3) is 0.667. The number of hydrogen-bond acceptors (Lipinski definition) is 5. The third-order valence-corrected chi connectivity index (χ3v) is 3.17. The SMILES string of the molecule is COc1cc(C)nc(N[C@@H]2CCCC[C@H]2N)n1. The van der Waals surface area contributed by atoms with Gasteiger partial charge in [0.2, 0.25) is 11.8 Å². The van der Waals surface area contributed by atoms with E-state index in [-0.39, 0.29) is 12.1 Å². The highest BCUT2D eigenvalue weighted by molar-refractivity contribution is 5.32. The number of hydrogen-bond donors (Lipinski definition) is 2. The van der Waals surface area contributed by atoms with E-state index >= 15 is 0 Å². The predicted molar refractivity (Wildman–Crippen MR) is 67.2 cm³/mol. The highest BCUT2D eigenvalue weighted by Crippen LogP contribution is 2.20. The highest BCUT2D eigenvalue weighted by Gasteiger charge is 2.22. The molecule has 94 valence electrons. The minimum absolute atomic E-state index is 0.193. The largest absolute Gasteiger partial charge is 0.481 e. The molecule has 0 unspecified atom stereocenters. The average Bonchev–Trinajstić information content (AvgIpc) is 2.31. The van der Waals surface area contributed by atoms with E-state index < -0.39 is 0 Å². The second kappa shape index (κ2) is 5.31. The lowest BCUT2D eigenvalue weighted by Crippen LogP contribution is -2.43. The molecule has 1 aliphatic rings. The molecule has 1 aromatic rings. The summed E-state index contributed by atoms with van der Waals surface area (Å²) in [4.78, 5) is 8.63. The van der Waals surface area contributed by atoms with Gasteiger partial charge in [0.15, 0.2) is 0 Å². The molecule has 1 aliphatic carbocycles. The monoisotopic (exact) mass is 236 g/mol. The van der Waals surface area contributed by atoms with E-state index in [1.54, 1.807) is 7.11 Å². The van der Waals surface area contributed by atoms with Crippen molar-refractivity contribution in [3.8, 4) is 5.88 Å². The van der Waals surface area contributed by atoms with Gasteiger partial charge >= 0.3 is 0 Å². The highest BCUT2D eigenvalue weighted by atomic mass is 16.5. The summed E-state index contributed by atoms with van der Waals surface area (Å²) >= 11 is 0. The van der Waals surface area contributed by atoms with E-state index in [2.05, 4.69) is 15.3 Å². The Labute approximate surface area is 102 Å². The summed E-state index contributed by atoms with van der Waals surface area (Å²) in [6.45, 7) is 1.93. The van der Waals surface area contributed by atoms with E-state index in [0.717, 1.165) is 18.5 Å². The maximum atomic E-state index is 6.09. The zero-order valence-corrected chi connectivity index (χ0v) is 10.4. The summed E-state index contributed by atoms with van der Waals surface area (Å²) in [5, 5.41) is 3.32. The molecule has 0 amide bonds. The van der Waals surface area contributed by atoms with Crippen LogP contribution in [-0.2, 0) is 0 Å². The van der Waals surface area contributed by atoms with Crippen LogP contribution in [0.2, 0.25) is 0 Å². The molecule has 0 radical (unpaired) electrons. The molecule has 2 atom stereocenters. The molecule has 5 heteroatoms. The normalized spacial score (nSPS) is 24.4. The molecular formula is C12H20N4O. The van der Waals surface area contributed by atoms with E-state index in [0.29, 0.717) is 11.8 Å². The number of ether oxygens (including phenoxy) is 1. The summed E-state index contributed by atoms with van der Waals surface area (Å²) < 4.78 is 5.13. The molecule has 17 heavy (non-hydrogen) atoms. The van der Waals surface area contributed by atoms with Gasteiger partial charge in [-0.2, -0.15) is 4.98 Å². The summed E-state index contributed by atoms with van der Waals surface area (Å²) in [5.74, 6) is 1.20. The number of aromatic nitrogens is 2. The van der Waals surface area contributed by atoms with Gasteiger partial charge < -0.3 is 15.8 Å². The Morgan fingerprint density at radius 1 is 1.35 bits per heavy atom. The summed E-state index contributed by atoms with van der Waals surface area (Å²) in [5.41, 5.74) is 6.98. The topological polar surface area (TPSA) is 73.1 Å². The predicted octanol–water partition coefficient (Wildman–Crippen LogP) is 1.48. The fourth-order valence-electron chi connectivity index (χ4n) is 2.21. The maximum Gasteiger partial charge on any atom is 0.226 e. The first-order valence-electron chi connectivity index (χ1n) is 6.11. The van der Waals surface area contributed by atoms with E-state index in [9.17, 15) is 0 Å². The molecule has 0 bridgehead atoms. The molecule has 0 aromatic carbocycles. The minimum atomic E-state index is 0.193. The van der Waals surface area contributed by atoms with Gasteiger partial charge in [-0.25, -0.2) is 4.98 Å². The van der Waals surface area contributed by atoms with Gasteiger partial charge in [0.05, 0.1) is 7.11 Å². The molecule has 1 fully saturated rings. The molecule has 1 heterocycles. The van der Waals surface area contributed by atoms with Crippen LogP contribution >= 0.6 is 0 Å². The second-order valence-electron chi connectivity index (χ2n) is 4.57. The van der Waals surface area contributed by atoms with Crippen molar-refractivity contribution < 1.29 is 4.74 Å². The van der Waals surface area contributed by atoms with Crippen LogP contribution in [0.1, 0.15) is 31.4 Å². The maximum absolute atomic E-state index is 6.09. The number of nitrogens with one attached hydrogen (secondary N) is 1. The summed E-state index contributed by atoms with van der Waals surface area (Å²) in [6.07, 6.45) is 4.59. The van der Waals surface area contributed by atoms with Crippen LogP contribution in [-0.4, -0.2) is 29.2 Å². The molecule has 1 aromatic heterocycles. The number of aryl methyl sites for hydroxylation is 1. The van der Waals surface area contributed by atoms with Gasteiger partial charge in [0.1, 0.15) is 0 Å². The van der Waals surface area contributed by atoms with Gasteiger partial charge in [-0.1, -0.05) is 12.8 Å². The van der Waals surface area contributed by atoms with Gasteiger partial charge in [0, 0.05) is 23.8 Å². The van der Waals surface area contributed by atoms with Crippen molar-refractivity contribution in [1.82, 2.24) is 9.97 Å². The third kappa shape index (κ3) is 3.06. The third-order valence-electron chi connectivity index (χ3n) is 3.17. The lowest BCUT2D eigenvalue weighted by molar-refractivity contribution is 0.391. The Balaban J connectivity index is 2.09. The number of nitrogens with zero attached hydrogens (tertiary/aromatic N) is 2. The van der Waals surface area contributed by atoms with Crippen LogP contribution in [0.15, 0.2) is 6.07 Å². The number of nitrogens with two attached hydrogens (primary N) is 1. The van der Waals surface area contributed by atoms with Crippen LogP contribution in [0, 0.1) is 6.92 Å². The lowest BCUT2D eigenvalue weighted by Gasteiger charge is -2.29. The molecule has 3 N–H and O–H groups in total. The van der Waals surface area contributed by atoms with E-state index in [4.69, 9.17) is 10.5 Å². The lowest BCUT2D eigenvalue weighted by atomic mass is 9.91. The Kier molecular flexibility index (Phi) is 3.78. The van der Waals surface area contributed by atoms with Crippen LogP contribution < -0.4 is 15.8 Å². The van der Waals surface area contributed by atoms with Crippen molar-refractivity contribution in [1.29, 1.82) is 0 Å². The van der Waals surface area contributed by atoms with Crippen molar-refractivity contribution in [2.24, 2.45) is 5.73 Å². The van der Waals surface area contributed by atoms with Crippen molar-refractivity contribution in [3.63, 3.8) is 0 Å². The molecule has 0 saturated heterocycles. The second-order valence-corrected chi connectivity index (χ2v) is 4.57. The van der Waals surface area contributed by atoms with Crippen molar-refractivity contribution in [2.45, 2.75) is 44.7 Å². The van der Waals surface area contributed by atoms with Crippen LogP contribution in [0.25, 0.3) is 0 Å². The number of rotatable bonds is 3. The summed E-state index contributed by atoms with van der Waals surface area (Å²) in [6, 6.07) is 2.28. The average molecular weight is 236 g/mol. The first-order valence-corrected chi connectivity index (χ1v) is 6.11. The molecule has 0 spiro atoms. The van der Waals surface area contributed by atoms with Gasteiger partial charge in [-0.05, 0) is 19.8 Å². The molecule has 2 rings (SSSR count). The van der Waals surface area contributed by atoms with Gasteiger partial charge in [-0.3, -0.25) is 0 Å². The van der Waals surface area contributed by atoms with Crippen LogP contribution in [0.4, 0.5) is 5.95 Å².